The fourth-order valence-corrected chi connectivity index (χ4v) is 3.44. The number of hydrogen-bond acceptors (Lipinski definition) is 4. The van der Waals surface area contributed by atoms with E-state index in [2.05, 4.69) is 24.4 Å². The van der Waals surface area contributed by atoms with Crippen molar-refractivity contribution in [3.05, 3.63) is 64.1 Å². The SMILES string of the molecule is CC=C(C)C(=O)Nc1sc(C(C)c2ccccc2)cc1C(=O)OCC. The molecule has 1 heterocycles. The van der Waals surface area contributed by atoms with Crippen molar-refractivity contribution < 1.29 is 14.3 Å². The fourth-order valence-electron chi connectivity index (χ4n) is 2.32. The van der Waals surface area contributed by atoms with Gasteiger partial charge in [0.15, 0.2) is 0 Å². The van der Waals surface area contributed by atoms with Crippen LogP contribution in [0.3, 0.4) is 0 Å². The lowest BCUT2D eigenvalue weighted by molar-refractivity contribution is -0.112. The molecular weight excluding hydrogens is 334 g/mol. The molecule has 1 amide bonds. The van der Waals surface area contributed by atoms with Gasteiger partial charge in [-0.25, -0.2) is 4.79 Å². The van der Waals surface area contributed by atoms with Crippen molar-refractivity contribution in [2.75, 3.05) is 11.9 Å². The summed E-state index contributed by atoms with van der Waals surface area (Å²) in [5, 5.41) is 3.37. The molecule has 0 aliphatic heterocycles. The van der Waals surface area contributed by atoms with E-state index < -0.39 is 5.97 Å². The monoisotopic (exact) mass is 357 g/mol. The summed E-state index contributed by atoms with van der Waals surface area (Å²) in [5.74, 6) is -0.514. The van der Waals surface area contributed by atoms with Crippen LogP contribution in [0.4, 0.5) is 5.00 Å². The number of esters is 1. The van der Waals surface area contributed by atoms with Crippen LogP contribution in [0.1, 0.15) is 54.4 Å². The molecule has 5 heteroatoms. The van der Waals surface area contributed by atoms with Crippen LogP contribution in [0.15, 0.2) is 48.0 Å². The average Bonchev–Trinajstić information content (AvgIpc) is 3.05. The van der Waals surface area contributed by atoms with Gasteiger partial charge in [-0.2, -0.15) is 0 Å². The summed E-state index contributed by atoms with van der Waals surface area (Å²) in [7, 11) is 0. The van der Waals surface area contributed by atoms with E-state index in [4.69, 9.17) is 4.74 Å². The third-order valence-electron chi connectivity index (χ3n) is 3.99. The number of anilines is 1. The number of rotatable bonds is 6. The minimum absolute atomic E-state index is 0.118. The molecule has 0 bridgehead atoms. The van der Waals surface area contributed by atoms with Crippen LogP contribution in [-0.4, -0.2) is 18.5 Å². The molecule has 4 nitrogen and oxygen atoms in total. The first kappa shape index (κ1) is 18.9. The normalized spacial score (nSPS) is 12.6. The molecule has 0 radical (unpaired) electrons. The third kappa shape index (κ3) is 4.57. The topological polar surface area (TPSA) is 55.4 Å². The highest BCUT2D eigenvalue weighted by molar-refractivity contribution is 7.16. The lowest BCUT2D eigenvalue weighted by Crippen LogP contribution is -2.14. The van der Waals surface area contributed by atoms with Crippen molar-refractivity contribution in [2.24, 2.45) is 0 Å². The smallest absolute Gasteiger partial charge is 0.341 e. The van der Waals surface area contributed by atoms with E-state index in [9.17, 15) is 9.59 Å². The van der Waals surface area contributed by atoms with Crippen LogP contribution in [0.5, 0.6) is 0 Å². The molecular formula is C20H23NO3S. The summed E-state index contributed by atoms with van der Waals surface area (Å²) < 4.78 is 5.14. The minimum atomic E-state index is -0.418. The summed E-state index contributed by atoms with van der Waals surface area (Å²) in [6.07, 6.45) is 1.74. The number of hydrogen-bond donors (Lipinski definition) is 1. The van der Waals surface area contributed by atoms with Crippen molar-refractivity contribution >= 4 is 28.2 Å². The lowest BCUT2D eigenvalue weighted by atomic mass is 9.99. The summed E-state index contributed by atoms with van der Waals surface area (Å²) in [6, 6.07) is 11.9. The standard InChI is InChI=1S/C20H23NO3S/c1-5-13(3)18(22)21-19-16(20(23)24-6-2)12-17(25-19)14(4)15-10-8-7-9-11-15/h5,7-12,14H,6H2,1-4H3,(H,21,22). The van der Waals surface area contributed by atoms with E-state index in [1.54, 1.807) is 26.8 Å². The summed E-state index contributed by atoms with van der Waals surface area (Å²) in [6.45, 7) is 7.68. The molecule has 1 unspecified atom stereocenters. The van der Waals surface area contributed by atoms with E-state index in [1.165, 1.54) is 11.3 Å². The van der Waals surface area contributed by atoms with Crippen LogP contribution < -0.4 is 5.32 Å². The van der Waals surface area contributed by atoms with Gasteiger partial charge in [0.05, 0.1) is 12.2 Å². The van der Waals surface area contributed by atoms with Crippen molar-refractivity contribution in [1.29, 1.82) is 0 Å². The van der Waals surface area contributed by atoms with Gasteiger partial charge < -0.3 is 10.1 Å². The minimum Gasteiger partial charge on any atom is -0.462 e. The Kier molecular flexibility index (Phi) is 6.53. The Labute approximate surface area is 152 Å². The van der Waals surface area contributed by atoms with Crippen LogP contribution in [0.2, 0.25) is 0 Å². The molecule has 1 atom stereocenters. The highest BCUT2D eigenvalue weighted by Gasteiger charge is 2.22. The zero-order valence-corrected chi connectivity index (χ0v) is 15.8. The van der Waals surface area contributed by atoms with Gasteiger partial charge in [-0.15, -0.1) is 11.3 Å². The number of thiophene rings is 1. The lowest BCUT2D eigenvalue weighted by Gasteiger charge is -2.09. The Morgan fingerprint density at radius 2 is 1.96 bits per heavy atom. The Hall–Kier alpha value is -2.40. The predicted molar refractivity (Wildman–Crippen MR) is 102 cm³/mol. The van der Waals surface area contributed by atoms with Crippen molar-refractivity contribution in [3.63, 3.8) is 0 Å². The zero-order chi connectivity index (χ0) is 18.4. The quantitative estimate of drug-likeness (QED) is 0.586. The van der Waals surface area contributed by atoms with Crippen LogP contribution in [-0.2, 0) is 9.53 Å². The summed E-state index contributed by atoms with van der Waals surface area (Å²) in [4.78, 5) is 25.5. The van der Waals surface area contributed by atoms with E-state index >= 15 is 0 Å². The van der Waals surface area contributed by atoms with Crippen molar-refractivity contribution in [1.82, 2.24) is 0 Å². The fraction of sp³-hybridized carbons (Fsp3) is 0.300. The number of amides is 1. The Morgan fingerprint density at radius 3 is 2.56 bits per heavy atom. The second kappa shape index (κ2) is 8.62. The number of benzene rings is 1. The molecule has 0 saturated carbocycles. The predicted octanol–water partition coefficient (Wildman–Crippen LogP) is 4.98. The molecule has 1 aromatic heterocycles. The maximum atomic E-state index is 12.3. The van der Waals surface area contributed by atoms with Gasteiger partial charge in [0.25, 0.3) is 5.91 Å². The molecule has 25 heavy (non-hydrogen) atoms. The molecule has 0 aliphatic carbocycles. The van der Waals surface area contributed by atoms with Gasteiger partial charge in [0.1, 0.15) is 5.00 Å². The largest absolute Gasteiger partial charge is 0.462 e. The van der Waals surface area contributed by atoms with Crippen LogP contribution >= 0.6 is 11.3 Å². The maximum absolute atomic E-state index is 12.3. The van der Waals surface area contributed by atoms with Gasteiger partial charge in [-0.1, -0.05) is 43.3 Å². The van der Waals surface area contributed by atoms with Crippen molar-refractivity contribution in [3.8, 4) is 0 Å². The molecule has 2 aromatic rings. The Balaban J connectivity index is 2.38. The van der Waals surface area contributed by atoms with E-state index in [1.807, 2.05) is 24.3 Å². The molecule has 1 N–H and O–H groups in total. The number of nitrogens with one attached hydrogen (secondary N) is 1. The molecule has 0 saturated heterocycles. The first-order valence-corrected chi connectivity index (χ1v) is 9.09. The molecule has 132 valence electrons. The molecule has 2 rings (SSSR count). The highest BCUT2D eigenvalue weighted by atomic mass is 32.1. The highest BCUT2D eigenvalue weighted by Crippen LogP contribution is 2.36. The average molecular weight is 357 g/mol. The number of carbonyl (C=O) groups is 2. The molecule has 0 fully saturated rings. The Bertz CT molecular complexity index is 777. The Morgan fingerprint density at radius 1 is 1.28 bits per heavy atom. The summed E-state index contributed by atoms with van der Waals surface area (Å²) >= 11 is 1.41. The molecule has 0 aliphatic rings. The first-order valence-electron chi connectivity index (χ1n) is 8.28. The van der Waals surface area contributed by atoms with E-state index in [0.717, 1.165) is 10.4 Å². The second-order valence-electron chi connectivity index (χ2n) is 5.67. The molecule has 0 spiro atoms. The van der Waals surface area contributed by atoms with Gasteiger partial charge >= 0.3 is 5.97 Å². The number of carbonyl (C=O) groups excluding carboxylic acids is 2. The number of ether oxygens (including phenoxy) is 1. The molecule has 1 aromatic carbocycles. The van der Waals surface area contributed by atoms with Gasteiger partial charge in [-0.3, -0.25) is 4.79 Å². The third-order valence-corrected chi connectivity index (χ3v) is 5.22. The summed E-state index contributed by atoms with van der Waals surface area (Å²) in [5.41, 5.74) is 2.16. The maximum Gasteiger partial charge on any atom is 0.341 e. The van der Waals surface area contributed by atoms with Crippen LogP contribution in [0, 0.1) is 0 Å². The van der Waals surface area contributed by atoms with Gasteiger partial charge in [0, 0.05) is 16.4 Å². The van der Waals surface area contributed by atoms with E-state index in [-0.39, 0.29) is 11.8 Å². The first-order chi connectivity index (χ1) is 12.0. The van der Waals surface area contributed by atoms with E-state index in [0.29, 0.717) is 22.7 Å². The van der Waals surface area contributed by atoms with Crippen molar-refractivity contribution in [2.45, 2.75) is 33.6 Å². The van der Waals surface area contributed by atoms with Gasteiger partial charge in [-0.05, 0) is 32.4 Å². The van der Waals surface area contributed by atoms with Crippen LogP contribution in [0.25, 0.3) is 0 Å². The number of allylic oxidation sites excluding steroid dienone is 1. The second-order valence-corrected chi connectivity index (χ2v) is 6.75. The zero-order valence-electron chi connectivity index (χ0n) is 15.0. The van der Waals surface area contributed by atoms with Gasteiger partial charge in [0.2, 0.25) is 0 Å².